The monoisotopic (exact) mass is 520 g/mol. The minimum absolute atomic E-state index is 0.189. The van der Waals surface area contributed by atoms with Crippen molar-refractivity contribution in [2.24, 2.45) is 0 Å². The van der Waals surface area contributed by atoms with E-state index in [0.29, 0.717) is 16.9 Å². The molecule has 8 nitrogen and oxygen atoms in total. The van der Waals surface area contributed by atoms with Gasteiger partial charge in [0.05, 0.1) is 23.7 Å². The van der Waals surface area contributed by atoms with Gasteiger partial charge in [-0.1, -0.05) is 48.5 Å². The third-order valence-corrected chi connectivity index (χ3v) is 6.36. The van der Waals surface area contributed by atoms with Gasteiger partial charge in [0.1, 0.15) is 0 Å². The molecule has 0 saturated heterocycles. The molecule has 196 valence electrons. The Morgan fingerprint density at radius 1 is 0.744 bits per heavy atom. The number of carbonyl (C=O) groups excluding carboxylic acids is 3. The molecular formula is C31H28N4O4. The van der Waals surface area contributed by atoms with E-state index in [1.54, 1.807) is 22.8 Å². The van der Waals surface area contributed by atoms with Gasteiger partial charge in [0, 0.05) is 34.3 Å². The maximum absolute atomic E-state index is 13.6. The molecule has 0 unspecified atom stereocenters. The molecule has 0 spiro atoms. The summed E-state index contributed by atoms with van der Waals surface area (Å²) in [5, 5.41) is 7.63. The molecule has 0 bridgehead atoms. The number of rotatable bonds is 6. The number of carbonyl (C=O) groups is 3. The lowest BCUT2D eigenvalue weighted by molar-refractivity contribution is 0.0600. The van der Waals surface area contributed by atoms with Crippen LogP contribution in [0.3, 0.4) is 0 Å². The summed E-state index contributed by atoms with van der Waals surface area (Å²) in [6.45, 7) is 0.762. The molecular weight excluding hydrogens is 492 g/mol. The van der Waals surface area contributed by atoms with Gasteiger partial charge in [0.15, 0.2) is 0 Å². The SMILES string of the molecule is COC(=O)c1cc(NC(=O)c2ccc(CN(C)C)cc2)cc(NC(=O)n2c3ccccc3c3ccccc32)c1. The summed E-state index contributed by atoms with van der Waals surface area (Å²) in [5.74, 6) is -0.931. The molecule has 5 rings (SSSR count). The summed E-state index contributed by atoms with van der Waals surface area (Å²) in [4.78, 5) is 41.0. The van der Waals surface area contributed by atoms with Crippen molar-refractivity contribution < 1.29 is 19.1 Å². The first-order valence-electron chi connectivity index (χ1n) is 12.4. The zero-order valence-corrected chi connectivity index (χ0v) is 21.9. The van der Waals surface area contributed by atoms with Crippen molar-refractivity contribution in [1.29, 1.82) is 0 Å². The van der Waals surface area contributed by atoms with Crippen LogP contribution < -0.4 is 10.6 Å². The van der Waals surface area contributed by atoms with E-state index in [0.717, 1.165) is 33.9 Å². The standard InChI is InChI=1S/C31H28N4O4/c1-34(2)19-20-12-14-21(15-13-20)29(36)32-23-16-22(30(37)39-3)17-24(18-23)33-31(38)35-27-10-6-4-8-25(27)26-9-5-7-11-28(26)35/h4-18H,19H2,1-3H3,(H,32,36)(H,33,38). The summed E-state index contributed by atoms with van der Waals surface area (Å²) in [6, 6.07) is 26.9. The second-order valence-corrected chi connectivity index (χ2v) is 9.48. The summed E-state index contributed by atoms with van der Waals surface area (Å²) >= 11 is 0. The van der Waals surface area contributed by atoms with Gasteiger partial charge in [0.25, 0.3) is 5.91 Å². The fourth-order valence-corrected chi connectivity index (χ4v) is 4.66. The highest BCUT2D eigenvalue weighted by Gasteiger charge is 2.18. The van der Waals surface area contributed by atoms with Crippen LogP contribution in [0.4, 0.5) is 16.2 Å². The van der Waals surface area contributed by atoms with Crippen LogP contribution in [0.25, 0.3) is 21.8 Å². The van der Waals surface area contributed by atoms with Crippen LogP contribution >= 0.6 is 0 Å². The fraction of sp³-hybridized carbons (Fsp3) is 0.129. The second kappa shape index (κ2) is 10.8. The Morgan fingerprint density at radius 2 is 1.31 bits per heavy atom. The van der Waals surface area contributed by atoms with Crippen LogP contribution in [0.1, 0.15) is 26.3 Å². The zero-order chi connectivity index (χ0) is 27.5. The van der Waals surface area contributed by atoms with Gasteiger partial charge in [-0.15, -0.1) is 0 Å². The molecule has 0 fully saturated rings. The van der Waals surface area contributed by atoms with Crippen LogP contribution in [-0.2, 0) is 11.3 Å². The molecule has 39 heavy (non-hydrogen) atoms. The minimum Gasteiger partial charge on any atom is -0.465 e. The topological polar surface area (TPSA) is 92.7 Å². The molecule has 0 aliphatic carbocycles. The minimum atomic E-state index is -0.591. The second-order valence-electron chi connectivity index (χ2n) is 9.48. The predicted molar refractivity (Wildman–Crippen MR) is 153 cm³/mol. The third-order valence-electron chi connectivity index (χ3n) is 6.36. The van der Waals surface area contributed by atoms with Gasteiger partial charge in [-0.3, -0.25) is 9.36 Å². The maximum Gasteiger partial charge on any atom is 0.337 e. The van der Waals surface area contributed by atoms with E-state index in [2.05, 4.69) is 10.6 Å². The number of fused-ring (bicyclic) bond motifs is 3. The van der Waals surface area contributed by atoms with Crippen LogP contribution in [0.15, 0.2) is 91.0 Å². The highest BCUT2D eigenvalue weighted by atomic mass is 16.5. The number of methoxy groups -OCH3 is 1. The summed E-state index contributed by atoms with van der Waals surface area (Å²) in [6.07, 6.45) is 0. The van der Waals surface area contributed by atoms with E-state index in [9.17, 15) is 14.4 Å². The van der Waals surface area contributed by atoms with E-state index >= 15 is 0 Å². The number of aromatic nitrogens is 1. The average molecular weight is 521 g/mol. The Kier molecular flexibility index (Phi) is 7.12. The first-order valence-corrected chi connectivity index (χ1v) is 12.4. The smallest absolute Gasteiger partial charge is 0.337 e. The molecule has 2 amide bonds. The Bertz CT molecular complexity index is 1650. The molecule has 1 heterocycles. The van der Waals surface area contributed by atoms with E-state index in [1.165, 1.54) is 19.2 Å². The molecule has 4 aromatic carbocycles. The van der Waals surface area contributed by atoms with Crippen LogP contribution in [-0.4, -0.2) is 48.6 Å². The molecule has 1 aromatic heterocycles. The molecule has 0 aliphatic rings. The molecule has 2 N–H and O–H groups in total. The quantitative estimate of drug-likeness (QED) is 0.269. The first-order chi connectivity index (χ1) is 18.8. The van der Waals surface area contributed by atoms with Crippen LogP contribution in [0.2, 0.25) is 0 Å². The van der Waals surface area contributed by atoms with Crippen molar-refractivity contribution in [2.75, 3.05) is 31.8 Å². The number of para-hydroxylation sites is 2. The lowest BCUT2D eigenvalue weighted by Crippen LogP contribution is -2.20. The van der Waals surface area contributed by atoms with Crippen molar-refractivity contribution >= 4 is 51.1 Å². The van der Waals surface area contributed by atoms with E-state index in [4.69, 9.17) is 4.74 Å². The summed E-state index contributed by atoms with van der Waals surface area (Å²) in [5.41, 5.74) is 3.93. The molecule has 0 atom stereocenters. The number of hydrogen-bond acceptors (Lipinski definition) is 5. The zero-order valence-electron chi connectivity index (χ0n) is 21.9. The first kappa shape index (κ1) is 25.7. The molecule has 8 heteroatoms. The number of nitrogens with zero attached hydrogens (tertiary/aromatic N) is 2. The lowest BCUT2D eigenvalue weighted by atomic mass is 10.1. The van der Waals surface area contributed by atoms with Gasteiger partial charge in [-0.05, 0) is 62.1 Å². The Hall–Kier alpha value is -4.95. The Balaban J connectivity index is 1.45. The average Bonchev–Trinajstić information content (AvgIpc) is 3.27. The van der Waals surface area contributed by atoms with Crippen LogP contribution in [0, 0.1) is 0 Å². The molecule has 0 aliphatic heterocycles. The van der Waals surface area contributed by atoms with E-state index in [-0.39, 0.29) is 11.5 Å². The maximum atomic E-state index is 13.6. The Morgan fingerprint density at radius 3 is 1.87 bits per heavy atom. The number of anilines is 2. The highest BCUT2D eigenvalue weighted by molar-refractivity contribution is 6.15. The number of hydrogen-bond donors (Lipinski definition) is 2. The van der Waals surface area contributed by atoms with Gasteiger partial charge in [-0.2, -0.15) is 0 Å². The van der Waals surface area contributed by atoms with E-state index < -0.39 is 12.0 Å². The summed E-state index contributed by atoms with van der Waals surface area (Å²) < 4.78 is 6.50. The largest absolute Gasteiger partial charge is 0.465 e. The molecule has 5 aromatic rings. The van der Waals surface area contributed by atoms with Gasteiger partial charge < -0.3 is 20.3 Å². The number of esters is 1. The molecule has 0 radical (unpaired) electrons. The fourth-order valence-electron chi connectivity index (χ4n) is 4.66. The van der Waals surface area contributed by atoms with Crippen LogP contribution in [0.5, 0.6) is 0 Å². The van der Waals surface area contributed by atoms with Crippen molar-refractivity contribution in [2.45, 2.75) is 6.54 Å². The third kappa shape index (κ3) is 5.37. The van der Waals surface area contributed by atoms with Gasteiger partial charge in [0.2, 0.25) is 0 Å². The number of ether oxygens (including phenoxy) is 1. The van der Waals surface area contributed by atoms with Gasteiger partial charge >= 0.3 is 12.0 Å². The number of benzene rings is 4. The van der Waals surface area contributed by atoms with Crippen molar-refractivity contribution in [1.82, 2.24) is 9.47 Å². The van der Waals surface area contributed by atoms with Crippen molar-refractivity contribution in [3.8, 4) is 0 Å². The highest BCUT2D eigenvalue weighted by Crippen LogP contribution is 2.29. The van der Waals surface area contributed by atoms with Crippen molar-refractivity contribution in [3.05, 3.63) is 108 Å². The van der Waals surface area contributed by atoms with Gasteiger partial charge in [-0.25, -0.2) is 9.59 Å². The lowest BCUT2D eigenvalue weighted by Gasteiger charge is -2.13. The normalized spacial score (nSPS) is 11.1. The Labute approximate surface area is 225 Å². The van der Waals surface area contributed by atoms with E-state index in [1.807, 2.05) is 79.7 Å². The summed E-state index contributed by atoms with van der Waals surface area (Å²) in [7, 11) is 5.23. The predicted octanol–water partition coefficient (Wildman–Crippen LogP) is 5.98. The molecule has 0 saturated carbocycles. The number of amides is 2. The number of nitrogens with one attached hydrogen (secondary N) is 2. The van der Waals surface area contributed by atoms with Crippen molar-refractivity contribution in [3.63, 3.8) is 0 Å².